The van der Waals surface area contributed by atoms with Gasteiger partial charge < -0.3 is 14.6 Å². The largest absolute Gasteiger partial charge is 0.497 e. The number of hydrogen-bond acceptors (Lipinski definition) is 8. The Hall–Kier alpha value is -2.83. The van der Waals surface area contributed by atoms with Crippen molar-refractivity contribution in [3.05, 3.63) is 59.4 Å². The summed E-state index contributed by atoms with van der Waals surface area (Å²) in [7, 11) is -1.65. The Balaban J connectivity index is 2.12. The van der Waals surface area contributed by atoms with Gasteiger partial charge in [-0.05, 0) is 18.2 Å². The SMILES string of the molecule is COc1ccc(CN(c2ncns2)S(=O)(=O)c2cc(CO)c(F)cc2F)c(OC)c1. The van der Waals surface area contributed by atoms with E-state index in [1.807, 2.05) is 0 Å². The average molecular weight is 457 g/mol. The number of anilines is 1. The Kier molecular flexibility index (Phi) is 6.48. The molecule has 0 aliphatic rings. The van der Waals surface area contributed by atoms with Crippen LogP contribution in [-0.4, -0.2) is 37.1 Å². The number of halogens is 2. The van der Waals surface area contributed by atoms with Crippen LogP contribution in [0.4, 0.5) is 13.9 Å². The fourth-order valence-electron chi connectivity index (χ4n) is 2.68. The zero-order valence-electron chi connectivity index (χ0n) is 15.9. The first-order valence-electron chi connectivity index (χ1n) is 8.41. The summed E-state index contributed by atoms with van der Waals surface area (Å²) < 4.78 is 69.9. The van der Waals surface area contributed by atoms with Crippen LogP contribution in [0.5, 0.6) is 11.5 Å². The van der Waals surface area contributed by atoms with Crippen molar-refractivity contribution in [1.82, 2.24) is 9.36 Å². The monoisotopic (exact) mass is 457 g/mol. The molecule has 1 N–H and O–H groups in total. The van der Waals surface area contributed by atoms with Crippen LogP contribution in [0.3, 0.4) is 0 Å². The molecule has 3 aromatic rings. The minimum Gasteiger partial charge on any atom is -0.497 e. The molecule has 0 unspecified atom stereocenters. The van der Waals surface area contributed by atoms with Gasteiger partial charge in [-0.25, -0.2) is 26.5 Å². The van der Waals surface area contributed by atoms with Crippen molar-refractivity contribution in [1.29, 1.82) is 0 Å². The first kappa shape index (κ1) is 21.9. The molecular formula is C18H17F2N3O5S2. The molecule has 1 heterocycles. The van der Waals surface area contributed by atoms with Crippen LogP contribution in [0.1, 0.15) is 11.1 Å². The molecule has 0 bridgehead atoms. The molecule has 30 heavy (non-hydrogen) atoms. The maximum atomic E-state index is 14.4. The van der Waals surface area contributed by atoms with E-state index in [0.717, 1.165) is 28.2 Å². The number of sulfonamides is 1. The molecule has 0 amide bonds. The summed E-state index contributed by atoms with van der Waals surface area (Å²) in [5, 5.41) is 9.23. The van der Waals surface area contributed by atoms with Crippen LogP contribution in [0.15, 0.2) is 41.6 Å². The van der Waals surface area contributed by atoms with Gasteiger partial charge in [-0.15, -0.1) is 0 Å². The van der Waals surface area contributed by atoms with E-state index in [2.05, 4.69) is 9.36 Å². The van der Waals surface area contributed by atoms with Crippen LogP contribution < -0.4 is 13.8 Å². The molecule has 0 aliphatic carbocycles. The summed E-state index contributed by atoms with van der Waals surface area (Å²) >= 11 is 0.786. The molecule has 160 valence electrons. The average Bonchev–Trinajstić information content (AvgIpc) is 3.26. The molecule has 0 atom stereocenters. The Morgan fingerprint density at radius 2 is 1.87 bits per heavy atom. The van der Waals surface area contributed by atoms with Gasteiger partial charge in [0.05, 0.1) is 27.4 Å². The van der Waals surface area contributed by atoms with E-state index in [0.29, 0.717) is 23.1 Å². The second-order valence-electron chi connectivity index (χ2n) is 5.95. The predicted molar refractivity (Wildman–Crippen MR) is 105 cm³/mol. The van der Waals surface area contributed by atoms with Crippen LogP contribution in [0, 0.1) is 11.6 Å². The molecule has 0 spiro atoms. The van der Waals surface area contributed by atoms with Crippen molar-refractivity contribution >= 4 is 26.7 Å². The lowest BCUT2D eigenvalue weighted by atomic mass is 10.2. The molecule has 0 saturated carbocycles. The fraction of sp³-hybridized carbons (Fsp3) is 0.222. The van der Waals surface area contributed by atoms with Crippen molar-refractivity contribution in [3.63, 3.8) is 0 Å². The molecular weight excluding hydrogens is 440 g/mol. The van der Waals surface area contributed by atoms with Crippen molar-refractivity contribution in [2.45, 2.75) is 18.0 Å². The predicted octanol–water partition coefficient (Wildman–Crippen LogP) is 2.72. The normalized spacial score (nSPS) is 11.4. The number of ether oxygens (including phenoxy) is 2. The van der Waals surface area contributed by atoms with Gasteiger partial charge in [0.1, 0.15) is 34.4 Å². The standard InChI is InChI=1S/C18H17F2N3O5S2/c1-27-13-4-3-11(16(6-13)28-2)8-23(18-21-10-22-29-18)30(25,26)17-5-12(9-24)14(19)7-15(17)20/h3-7,10,24H,8-9H2,1-2H3. The van der Waals surface area contributed by atoms with Crippen LogP contribution >= 0.6 is 11.5 Å². The van der Waals surface area contributed by atoms with Gasteiger partial charge in [0.2, 0.25) is 5.13 Å². The smallest absolute Gasteiger partial charge is 0.269 e. The molecule has 2 aromatic carbocycles. The summed E-state index contributed by atoms with van der Waals surface area (Å²) in [6.45, 7) is -1.06. The van der Waals surface area contributed by atoms with Gasteiger partial charge in [-0.3, -0.25) is 0 Å². The summed E-state index contributed by atoms with van der Waals surface area (Å²) in [6, 6.07) is 5.97. The molecule has 3 rings (SSSR count). The highest BCUT2D eigenvalue weighted by Gasteiger charge is 2.32. The van der Waals surface area contributed by atoms with E-state index in [-0.39, 0.29) is 17.2 Å². The van der Waals surface area contributed by atoms with Gasteiger partial charge in [-0.1, -0.05) is 0 Å². The molecule has 0 saturated heterocycles. The minimum atomic E-state index is -4.54. The zero-order valence-corrected chi connectivity index (χ0v) is 17.5. The molecule has 0 radical (unpaired) electrons. The second kappa shape index (κ2) is 8.90. The number of benzene rings is 2. The third-order valence-corrected chi connectivity index (χ3v) is 6.77. The lowest BCUT2D eigenvalue weighted by Gasteiger charge is -2.23. The number of hydrogen-bond donors (Lipinski definition) is 1. The number of aliphatic hydroxyl groups excluding tert-OH is 1. The minimum absolute atomic E-state index is 0.0258. The van der Waals surface area contributed by atoms with E-state index >= 15 is 0 Å². The lowest BCUT2D eigenvalue weighted by molar-refractivity contribution is 0.275. The lowest BCUT2D eigenvalue weighted by Crippen LogP contribution is -2.31. The van der Waals surface area contributed by atoms with Crippen molar-refractivity contribution in [3.8, 4) is 11.5 Å². The van der Waals surface area contributed by atoms with Gasteiger partial charge >= 0.3 is 0 Å². The zero-order chi connectivity index (χ0) is 21.9. The first-order chi connectivity index (χ1) is 14.3. The molecule has 8 nitrogen and oxygen atoms in total. The third kappa shape index (κ3) is 4.20. The Morgan fingerprint density at radius 3 is 2.47 bits per heavy atom. The Morgan fingerprint density at radius 1 is 1.10 bits per heavy atom. The summed E-state index contributed by atoms with van der Waals surface area (Å²) in [4.78, 5) is 3.13. The van der Waals surface area contributed by atoms with Gasteiger partial charge in [-0.2, -0.15) is 4.37 Å². The summed E-state index contributed by atoms with van der Waals surface area (Å²) in [5.41, 5.74) is 0.0937. The van der Waals surface area contributed by atoms with Crippen LogP contribution in [-0.2, 0) is 23.2 Å². The van der Waals surface area contributed by atoms with Crippen molar-refractivity contribution in [2.24, 2.45) is 0 Å². The molecule has 0 aliphatic heterocycles. The van der Waals surface area contributed by atoms with E-state index in [9.17, 15) is 22.3 Å². The molecule has 1 aromatic heterocycles. The Bertz CT molecular complexity index is 1140. The highest BCUT2D eigenvalue weighted by molar-refractivity contribution is 7.93. The number of methoxy groups -OCH3 is 2. The van der Waals surface area contributed by atoms with E-state index < -0.39 is 33.2 Å². The van der Waals surface area contributed by atoms with Gasteiger partial charge in [0.15, 0.2) is 0 Å². The van der Waals surface area contributed by atoms with E-state index in [1.165, 1.54) is 14.2 Å². The van der Waals surface area contributed by atoms with Crippen molar-refractivity contribution in [2.75, 3.05) is 18.5 Å². The Labute approximate surface area is 175 Å². The summed E-state index contributed by atoms with van der Waals surface area (Å²) in [6.07, 6.45) is 1.16. The fourth-order valence-corrected chi connectivity index (χ4v) is 4.91. The van der Waals surface area contributed by atoms with Gasteiger partial charge in [0.25, 0.3) is 10.0 Å². The van der Waals surface area contributed by atoms with Crippen molar-refractivity contribution < 1.29 is 31.8 Å². The number of nitrogens with zero attached hydrogens (tertiary/aromatic N) is 3. The van der Waals surface area contributed by atoms with Crippen LogP contribution in [0.2, 0.25) is 0 Å². The first-order valence-corrected chi connectivity index (χ1v) is 10.6. The number of aliphatic hydroxyl groups is 1. The number of rotatable bonds is 8. The van der Waals surface area contributed by atoms with Gasteiger partial charge in [0, 0.05) is 34.8 Å². The highest BCUT2D eigenvalue weighted by atomic mass is 32.2. The van der Waals surface area contributed by atoms with Crippen LogP contribution in [0.25, 0.3) is 0 Å². The summed E-state index contributed by atoms with van der Waals surface area (Å²) in [5.74, 6) is -1.50. The van der Waals surface area contributed by atoms with E-state index in [1.54, 1.807) is 18.2 Å². The highest BCUT2D eigenvalue weighted by Crippen LogP contribution is 2.32. The topological polar surface area (TPSA) is 102 Å². The third-order valence-electron chi connectivity index (χ3n) is 4.21. The maximum Gasteiger partial charge on any atom is 0.269 e. The van der Waals surface area contributed by atoms with E-state index in [4.69, 9.17) is 9.47 Å². The maximum absolute atomic E-state index is 14.4. The molecule has 12 heteroatoms. The number of aromatic nitrogens is 2. The second-order valence-corrected chi connectivity index (χ2v) is 8.53. The quantitative estimate of drug-likeness (QED) is 0.555. The molecule has 0 fully saturated rings.